The first-order chi connectivity index (χ1) is 11.0. The van der Waals surface area contributed by atoms with E-state index in [1.807, 2.05) is 6.07 Å². The average molecular weight is 382 g/mol. The Labute approximate surface area is 140 Å². The van der Waals surface area contributed by atoms with Gasteiger partial charge >= 0.3 is 15.6 Å². The number of carbonyl (C=O) groups is 1. The summed E-state index contributed by atoms with van der Waals surface area (Å²) in [4.78, 5) is 11.0. The summed E-state index contributed by atoms with van der Waals surface area (Å²) in [7, 11) is -5.83. The molecule has 0 aliphatic carbocycles. The molecule has 0 fully saturated rings. The third-order valence-electron chi connectivity index (χ3n) is 2.65. The lowest BCUT2D eigenvalue weighted by molar-refractivity contribution is -0.115. The fourth-order valence-corrected chi connectivity index (χ4v) is 2.99. The number of aryl methyl sites for hydroxylation is 1. The molecule has 0 spiro atoms. The lowest BCUT2D eigenvalue weighted by Gasteiger charge is -2.14. The lowest BCUT2D eigenvalue weighted by atomic mass is 10.0. The van der Waals surface area contributed by atoms with Crippen LogP contribution in [-0.4, -0.2) is 25.6 Å². The van der Waals surface area contributed by atoms with Crippen molar-refractivity contribution in [3.8, 4) is 11.8 Å². The number of nitrogens with two attached hydrogens (primary N) is 1. The molecule has 0 saturated carbocycles. The van der Waals surface area contributed by atoms with Crippen LogP contribution in [0.3, 0.4) is 0 Å². The van der Waals surface area contributed by atoms with Crippen molar-refractivity contribution >= 4 is 27.8 Å². The fraction of sp³-hybridized carbons (Fsp3) is 0.385. The van der Waals surface area contributed by atoms with E-state index in [1.165, 1.54) is 0 Å². The van der Waals surface area contributed by atoms with Gasteiger partial charge in [-0.3, -0.25) is 4.79 Å². The molecule has 0 heterocycles. The van der Waals surface area contributed by atoms with E-state index in [0.717, 1.165) is 23.9 Å². The van der Waals surface area contributed by atoms with Crippen LogP contribution in [0.4, 0.5) is 13.2 Å². The topological polar surface area (TPSA) is 110 Å². The molecule has 24 heavy (non-hydrogen) atoms. The van der Waals surface area contributed by atoms with Crippen LogP contribution in [0.25, 0.3) is 0 Å². The minimum atomic E-state index is -5.83. The normalized spacial score (nSPS) is 11.8. The molecule has 0 aliphatic rings. The molecule has 0 aromatic heterocycles. The standard InChI is InChI=1S/C13H13F3N2O4S2/c1-2-3-8-4-9(22-24(20,21)13(14,15)16)5-11(10(8)6-17)23-7-12(18)19/h4-5H,2-3,7H2,1H3,(H2,18,19). The Morgan fingerprint density at radius 1 is 1.42 bits per heavy atom. The SMILES string of the molecule is CCCc1cc(OS(=O)(=O)C(F)(F)F)cc(SCC(N)=O)c1C#N. The van der Waals surface area contributed by atoms with E-state index in [9.17, 15) is 31.6 Å². The number of hydrogen-bond acceptors (Lipinski definition) is 6. The van der Waals surface area contributed by atoms with Gasteiger partial charge in [0.05, 0.1) is 11.3 Å². The molecule has 1 aromatic rings. The van der Waals surface area contributed by atoms with E-state index in [2.05, 4.69) is 4.18 Å². The van der Waals surface area contributed by atoms with E-state index >= 15 is 0 Å². The summed E-state index contributed by atoms with van der Waals surface area (Å²) in [5.74, 6) is -1.51. The fourth-order valence-electron chi connectivity index (χ4n) is 1.72. The predicted octanol–water partition coefficient (Wildman–Crippen LogP) is 2.32. The molecule has 1 aromatic carbocycles. The molecule has 0 saturated heterocycles. The number of benzene rings is 1. The smallest absolute Gasteiger partial charge is 0.376 e. The Balaban J connectivity index is 3.36. The second-order valence-corrected chi connectivity index (χ2v) is 7.11. The molecule has 6 nitrogen and oxygen atoms in total. The summed E-state index contributed by atoms with van der Waals surface area (Å²) in [5, 5.41) is 9.23. The van der Waals surface area contributed by atoms with Gasteiger partial charge in [-0.2, -0.15) is 26.9 Å². The molecule has 1 amide bonds. The van der Waals surface area contributed by atoms with Crippen molar-refractivity contribution in [1.29, 1.82) is 5.26 Å². The summed E-state index contributed by atoms with van der Waals surface area (Å²) in [5.41, 5.74) is -0.110. The summed E-state index contributed by atoms with van der Waals surface area (Å²) >= 11 is 0.814. The summed E-state index contributed by atoms with van der Waals surface area (Å²) in [6.07, 6.45) is 0.875. The molecule has 0 radical (unpaired) electrons. The Morgan fingerprint density at radius 2 is 2.04 bits per heavy atom. The first-order valence-corrected chi connectivity index (χ1v) is 8.90. The number of halogens is 3. The Hall–Kier alpha value is -1.93. The average Bonchev–Trinajstić information content (AvgIpc) is 2.43. The van der Waals surface area contributed by atoms with Crippen LogP contribution in [0.1, 0.15) is 24.5 Å². The molecule has 132 valence electrons. The van der Waals surface area contributed by atoms with Crippen molar-refractivity contribution in [2.75, 3.05) is 5.75 Å². The Morgan fingerprint density at radius 3 is 2.50 bits per heavy atom. The molecule has 11 heteroatoms. The molecule has 1 rings (SSSR count). The van der Waals surface area contributed by atoms with Crippen LogP contribution in [0.2, 0.25) is 0 Å². The zero-order valence-corrected chi connectivity index (χ0v) is 14.0. The van der Waals surface area contributed by atoms with E-state index < -0.39 is 27.3 Å². The highest BCUT2D eigenvalue weighted by Crippen LogP contribution is 2.33. The maximum absolute atomic E-state index is 12.4. The van der Waals surface area contributed by atoms with Gasteiger partial charge in [-0.1, -0.05) is 13.3 Å². The van der Waals surface area contributed by atoms with Gasteiger partial charge in [-0.05, 0) is 24.1 Å². The van der Waals surface area contributed by atoms with E-state index in [0.29, 0.717) is 18.4 Å². The minimum Gasteiger partial charge on any atom is -0.376 e. The molecule has 0 atom stereocenters. The molecule has 2 N–H and O–H groups in total. The van der Waals surface area contributed by atoms with Crippen LogP contribution in [-0.2, 0) is 21.3 Å². The van der Waals surface area contributed by atoms with Crippen LogP contribution >= 0.6 is 11.8 Å². The van der Waals surface area contributed by atoms with Gasteiger partial charge in [0.25, 0.3) is 0 Å². The highest BCUT2D eigenvalue weighted by molar-refractivity contribution is 8.00. The Bertz CT molecular complexity index is 771. The van der Waals surface area contributed by atoms with Crippen molar-refractivity contribution < 1.29 is 30.6 Å². The van der Waals surface area contributed by atoms with Gasteiger partial charge in [0.15, 0.2) is 0 Å². The number of rotatable bonds is 7. The number of carbonyl (C=O) groups excluding carboxylic acids is 1. The van der Waals surface area contributed by atoms with Crippen LogP contribution < -0.4 is 9.92 Å². The van der Waals surface area contributed by atoms with Crippen molar-refractivity contribution in [2.45, 2.75) is 30.2 Å². The molecular weight excluding hydrogens is 369 g/mol. The van der Waals surface area contributed by atoms with E-state index in [4.69, 9.17) is 5.73 Å². The number of primary amides is 1. The van der Waals surface area contributed by atoms with Crippen molar-refractivity contribution in [3.05, 3.63) is 23.3 Å². The van der Waals surface area contributed by atoms with Crippen LogP contribution in [0.5, 0.6) is 5.75 Å². The van der Waals surface area contributed by atoms with Crippen molar-refractivity contribution in [1.82, 2.24) is 0 Å². The van der Waals surface area contributed by atoms with Crippen molar-refractivity contribution in [2.24, 2.45) is 5.73 Å². The predicted molar refractivity (Wildman–Crippen MR) is 80.7 cm³/mol. The largest absolute Gasteiger partial charge is 0.534 e. The van der Waals surface area contributed by atoms with E-state index in [-0.39, 0.29) is 16.2 Å². The minimum absolute atomic E-state index is 0.120. The van der Waals surface area contributed by atoms with Crippen LogP contribution in [0, 0.1) is 11.3 Å². The summed E-state index contributed by atoms with van der Waals surface area (Å²) in [6.45, 7) is 1.78. The second-order valence-electron chi connectivity index (χ2n) is 4.56. The summed E-state index contributed by atoms with van der Waals surface area (Å²) < 4.78 is 63.7. The molecule has 0 unspecified atom stereocenters. The van der Waals surface area contributed by atoms with E-state index in [1.54, 1.807) is 6.92 Å². The molecular formula is C13H13F3N2O4S2. The van der Waals surface area contributed by atoms with Gasteiger partial charge in [0, 0.05) is 4.90 Å². The highest BCUT2D eigenvalue weighted by Gasteiger charge is 2.48. The van der Waals surface area contributed by atoms with Gasteiger partial charge in [-0.25, -0.2) is 0 Å². The number of thioether (sulfide) groups is 1. The van der Waals surface area contributed by atoms with Gasteiger partial charge < -0.3 is 9.92 Å². The lowest BCUT2D eigenvalue weighted by Crippen LogP contribution is -2.28. The van der Waals surface area contributed by atoms with Gasteiger partial charge in [-0.15, -0.1) is 11.8 Å². The highest BCUT2D eigenvalue weighted by atomic mass is 32.2. The Kier molecular flexibility index (Phi) is 6.50. The van der Waals surface area contributed by atoms with Crippen molar-refractivity contribution in [3.63, 3.8) is 0 Å². The summed E-state index contributed by atoms with van der Waals surface area (Å²) in [6, 6.07) is 3.93. The first kappa shape index (κ1) is 20.1. The van der Waals surface area contributed by atoms with Gasteiger partial charge in [0.1, 0.15) is 11.8 Å². The second kappa shape index (κ2) is 7.76. The zero-order chi connectivity index (χ0) is 18.5. The number of nitriles is 1. The van der Waals surface area contributed by atoms with Crippen LogP contribution in [0.15, 0.2) is 17.0 Å². The quantitative estimate of drug-likeness (QED) is 0.440. The third kappa shape index (κ3) is 5.04. The number of amides is 1. The van der Waals surface area contributed by atoms with Gasteiger partial charge in [0.2, 0.25) is 5.91 Å². The monoisotopic (exact) mass is 382 g/mol. The molecule has 0 bridgehead atoms. The first-order valence-electron chi connectivity index (χ1n) is 6.50. The molecule has 0 aliphatic heterocycles. The maximum atomic E-state index is 12.4. The number of nitrogens with zero attached hydrogens (tertiary/aromatic N) is 1. The zero-order valence-electron chi connectivity index (χ0n) is 12.4. The number of hydrogen-bond donors (Lipinski definition) is 1. The third-order valence-corrected chi connectivity index (χ3v) is 4.69. The maximum Gasteiger partial charge on any atom is 0.534 e. The number of alkyl halides is 3.